The predicted molar refractivity (Wildman–Crippen MR) is 79.7 cm³/mol. The van der Waals surface area contributed by atoms with E-state index in [4.69, 9.17) is 0 Å². The molecule has 0 atom stereocenters. The highest BCUT2D eigenvalue weighted by Gasteiger charge is 2.06. The molecule has 0 N–H and O–H groups in total. The number of ether oxygens (including phenoxy) is 2. The number of azo groups is 1. The summed E-state index contributed by atoms with van der Waals surface area (Å²) in [6, 6.07) is 13.2. The third-order valence-corrected chi connectivity index (χ3v) is 2.82. The van der Waals surface area contributed by atoms with Crippen molar-refractivity contribution in [2.75, 3.05) is 14.2 Å². The Morgan fingerprint density at radius 1 is 0.773 bits per heavy atom. The van der Waals surface area contributed by atoms with E-state index >= 15 is 0 Å². The maximum Gasteiger partial charge on any atom is 0.337 e. The fraction of sp³-hybridized carbons (Fsp3) is 0.125. The van der Waals surface area contributed by atoms with Gasteiger partial charge in [0.15, 0.2) is 0 Å². The third-order valence-electron chi connectivity index (χ3n) is 2.82. The van der Waals surface area contributed by atoms with Crippen molar-refractivity contribution < 1.29 is 19.1 Å². The molecule has 0 aliphatic heterocycles. The van der Waals surface area contributed by atoms with Gasteiger partial charge in [0.1, 0.15) is 0 Å². The van der Waals surface area contributed by atoms with Crippen LogP contribution in [0.1, 0.15) is 20.7 Å². The first-order chi connectivity index (χ1) is 10.6. The highest BCUT2D eigenvalue weighted by atomic mass is 16.5. The molecule has 0 spiro atoms. The van der Waals surface area contributed by atoms with E-state index in [1.807, 2.05) is 0 Å². The van der Waals surface area contributed by atoms with Crippen LogP contribution in [0.4, 0.5) is 11.4 Å². The minimum absolute atomic E-state index is 0.391. The Labute approximate surface area is 127 Å². The van der Waals surface area contributed by atoms with Crippen molar-refractivity contribution in [1.29, 1.82) is 0 Å². The number of benzene rings is 2. The summed E-state index contributed by atoms with van der Waals surface area (Å²) in [7, 11) is 2.63. The molecule has 112 valence electrons. The molecule has 2 rings (SSSR count). The Bertz CT molecular complexity index is 664. The summed E-state index contributed by atoms with van der Waals surface area (Å²) in [5.74, 6) is -0.880. The summed E-state index contributed by atoms with van der Waals surface area (Å²) < 4.78 is 9.29. The molecule has 0 aliphatic rings. The average molecular weight is 298 g/mol. The molecule has 0 amide bonds. The summed E-state index contributed by atoms with van der Waals surface area (Å²) in [6.45, 7) is 0. The van der Waals surface area contributed by atoms with E-state index in [1.54, 1.807) is 48.5 Å². The lowest BCUT2D eigenvalue weighted by atomic mass is 10.2. The van der Waals surface area contributed by atoms with E-state index in [0.717, 1.165) is 0 Å². The first kappa shape index (κ1) is 15.4. The fourth-order valence-corrected chi connectivity index (χ4v) is 1.74. The summed E-state index contributed by atoms with van der Waals surface area (Å²) in [4.78, 5) is 22.9. The molecule has 0 aliphatic carbocycles. The molecule has 0 saturated heterocycles. The number of rotatable bonds is 4. The number of esters is 2. The van der Waals surface area contributed by atoms with Crippen molar-refractivity contribution in [3.05, 3.63) is 59.7 Å². The van der Waals surface area contributed by atoms with Gasteiger partial charge in [-0.05, 0) is 36.4 Å². The van der Waals surface area contributed by atoms with Gasteiger partial charge in [-0.1, -0.05) is 12.1 Å². The highest BCUT2D eigenvalue weighted by molar-refractivity contribution is 5.90. The van der Waals surface area contributed by atoms with Crippen LogP contribution in [-0.4, -0.2) is 26.2 Å². The molecule has 0 unspecified atom stereocenters. The van der Waals surface area contributed by atoms with Crippen LogP contribution < -0.4 is 0 Å². The van der Waals surface area contributed by atoms with E-state index < -0.39 is 11.9 Å². The van der Waals surface area contributed by atoms with Crippen LogP contribution in [0.2, 0.25) is 0 Å². The normalized spacial score (nSPS) is 10.5. The van der Waals surface area contributed by atoms with Crippen molar-refractivity contribution in [1.82, 2.24) is 0 Å². The Balaban J connectivity index is 2.22. The number of hydrogen-bond acceptors (Lipinski definition) is 6. The van der Waals surface area contributed by atoms with E-state index in [0.29, 0.717) is 22.5 Å². The topological polar surface area (TPSA) is 77.3 Å². The van der Waals surface area contributed by atoms with Crippen LogP contribution in [0.3, 0.4) is 0 Å². The van der Waals surface area contributed by atoms with Crippen molar-refractivity contribution in [3.63, 3.8) is 0 Å². The first-order valence-electron chi connectivity index (χ1n) is 6.42. The van der Waals surface area contributed by atoms with Crippen molar-refractivity contribution in [2.24, 2.45) is 10.2 Å². The highest BCUT2D eigenvalue weighted by Crippen LogP contribution is 2.20. The Morgan fingerprint density at radius 2 is 1.18 bits per heavy atom. The summed E-state index contributed by atoms with van der Waals surface area (Å²) in [5.41, 5.74) is 1.79. The van der Waals surface area contributed by atoms with Crippen molar-refractivity contribution in [3.8, 4) is 0 Å². The molecular formula is C16H14N2O4. The van der Waals surface area contributed by atoms with Gasteiger partial charge in [-0.25, -0.2) is 9.59 Å². The molecule has 0 fully saturated rings. The SMILES string of the molecule is COC(=O)c1cccc(N=Nc2cccc(C(=O)OC)c2)c1. The zero-order valence-corrected chi connectivity index (χ0v) is 12.1. The Morgan fingerprint density at radius 3 is 1.55 bits per heavy atom. The minimum Gasteiger partial charge on any atom is -0.465 e. The largest absolute Gasteiger partial charge is 0.465 e. The number of carbonyl (C=O) groups is 2. The molecular weight excluding hydrogens is 284 g/mol. The van der Waals surface area contributed by atoms with Gasteiger partial charge in [-0.2, -0.15) is 10.2 Å². The van der Waals surface area contributed by atoms with Gasteiger partial charge >= 0.3 is 11.9 Å². The standard InChI is InChI=1S/C16H14N2O4/c1-21-15(19)11-5-3-7-13(9-11)17-18-14-8-4-6-12(10-14)16(20)22-2/h3-10H,1-2H3. The van der Waals surface area contributed by atoms with Gasteiger partial charge in [0.2, 0.25) is 0 Å². The van der Waals surface area contributed by atoms with Crippen LogP contribution >= 0.6 is 0 Å². The number of carbonyl (C=O) groups excluding carboxylic acids is 2. The molecule has 6 nitrogen and oxygen atoms in total. The van der Waals surface area contributed by atoms with Crippen LogP contribution in [0, 0.1) is 0 Å². The molecule has 0 saturated carbocycles. The lowest BCUT2D eigenvalue weighted by molar-refractivity contribution is 0.0592. The minimum atomic E-state index is -0.440. The molecule has 2 aromatic carbocycles. The number of methoxy groups -OCH3 is 2. The maximum absolute atomic E-state index is 11.4. The maximum atomic E-state index is 11.4. The van der Waals surface area contributed by atoms with Gasteiger partial charge in [0.05, 0.1) is 36.7 Å². The lowest BCUT2D eigenvalue weighted by Crippen LogP contribution is -2.00. The zero-order chi connectivity index (χ0) is 15.9. The van der Waals surface area contributed by atoms with Crippen LogP contribution in [0.15, 0.2) is 58.8 Å². The zero-order valence-electron chi connectivity index (χ0n) is 12.1. The van der Waals surface area contributed by atoms with Crippen LogP contribution in [0.5, 0.6) is 0 Å². The van der Waals surface area contributed by atoms with Crippen LogP contribution in [-0.2, 0) is 9.47 Å². The third kappa shape index (κ3) is 3.76. The molecule has 22 heavy (non-hydrogen) atoms. The molecule has 0 heterocycles. The first-order valence-corrected chi connectivity index (χ1v) is 6.42. The van der Waals surface area contributed by atoms with E-state index in [1.165, 1.54) is 14.2 Å². The van der Waals surface area contributed by atoms with Gasteiger partial charge in [-0.3, -0.25) is 0 Å². The van der Waals surface area contributed by atoms with E-state index in [-0.39, 0.29) is 0 Å². The predicted octanol–water partition coefficient (Wildman–Crippen LogP) is 3.68. The lowest BCUT2D eigenvalue weighted by Gasteiger charge is -2.00. The van der Waals surface area contributed by atoms with Gasteiger partial charge in [0, 0.05) is 0 Å². The summed E-state index contributed by atoms with van der Waals surface area (Å²) in [6.07, 6.45) is 0. The van der Waals surface area contributed by atoms with Crippen molar-refractivity contribution in [2.45, 2.75) is 0 Å². The van der Waals surface area contributed by atoms with Gasteiger partial charge < -0.3 is 9.47 Å². The fourth-order valence-electron chi connectivity index (χ4n) is 1.74. The van der Waals surface area contributed by atoms with E-state index in [9.17, 15) is 9.59 Å². The molecule has 6 heteroatoms. The van der Waals surface area contributed by atoms with Gasteiger partial charge in [0.25, 0.3) is 0 Å². The molecule has 0 radical (unpaired) electrons. The quantitative estimate of drug-likeness (QED) is 0.637. The Kier molecular flexibility index (Phi) is 4.98. The molecule has 2 aromatic rings. The Hall–Kier alpha value is -3.02. The van der Waals surface area contributed by atoms with Crippen molar-refractivity contribution >= 4 is 23.3 Å². The van der Waals surface area contributed by atoms with Gasteiger partial charge in [-0.15, -0.1) is 0 Å². The second-order valence-electron chi connectivity index (χ2n) is 4.28. The van der Waals surface area contributed by atoms with E-state index in [2.05, 4.69) is 19.7 Å². The van der Waals surface area contributed by atoms with Crippen LogP contribution in [0.25, 0.3) is 0 Å². The molecule has 0 bridgehead atoms. The average Bonchev–Trinajstić information content (AvgIpc) is 2.59. The number of nitrogens with zero attached hydrogens (tertiary/aromatic N) is 2. The monoisotopic (exact) mass is 298 g/mol. The molecule has 0 aromatic heterocycles. The second kappa shape index (κ2) is 7.12. The second-order valence-corrected chi connectivity index (χ2v) is 4.28. The summed E-state index contributed by atoms with van der Waals surface area (Å²) >= 11 is 0. The number of hydrogen-bond donors (Lipinski definition) is 0. The smallest absolute Gasteiger partial charge is 0.337 e. The summed E-state index contributed by atoms with van der Waals surface area (Å²) in [5, 5.41) is 8.09.